The van der Waals surface area contributed by atoms with Gasteiger partial charge in [-0.3, -0.25) is 4.79 Å². The maximum atomic E-state index is 11.8. The highest BCUT2D eigenvalue weighted by molar-refractivity contribution is 9.10. The van der Waals surface area contributed by atoms with Gasteiger partial charge in [-0.1, -0.05) is 0 Å². The molecule has 0 unspecified atom stereocenters. The van der Waals surface area contributed by atoms with Gasteiger partial charge in [-0.2, -0.15) is 0 Å². The van der Waals surface area contributed by atoms with Crippen LogP contribution < -0.4 is 10.1 Å². The molecule has 1 fully saturated rings. The van der Waals surface area contributed by atoms with Gasteiger partial charge in [-0.25, -0.2) is 0 Å². The molecule has 1 heterocycles. The number of nitrogens with one attached hydrogen (secondary N) is 1. The summed E-state index contributed by atoms with van der Waals surface area (Å²) >= 11 is 3.38. The van der Waals surface area contributed by atoms with Crippen molar-refractivity contribution in [1.82, 2.24) is 0 Å². The second-order valence-corrected chi connectivity index (χ2v) is 5.09. The molecule has 1 saturated heterocycles. The predicted molar refractivity (Wildman–Crippen MR) is 72.9 cm³/mol. The third-order valence-corrected chi connectivity index (χ3v) is 3.49. The van der Waals surface area contributed by atoms with Crippen LogP contribution in [-0.2, 0) is 9.53 Å². The molecule has 0 aromatic heterocycles. The molecular formula is C13H16BrNO3. The number of carbonyl (C=O) groups excluding carboxylic acids is 1. The van der Waals surface area contributed by atoms with Crippen molar-refractivity contribution in [2.45, 2.75) is 25.4 Å². The summed E-state index contributed by atoms with van der Waals surface area (Å²) in [5, 5.41) is 2.86. The summed E-state index contributed by atoms with van der Waals surface area (Å²) in [5.41, 5.74) is 0.755. The van der Waals surface area contributed by atoms with E-state index in [0.29, 0.717) is 6.42 Å². The molecule has 1 amide bonds. The number of methoxy groups -OCH3 is 1. The smallest absolute Gasteiger partial charge is 0.226 e. The Bertz CT molecular complexity index is 430. The maximum Gasteiger partial charge on any atom is 0.226 e. The van der Waals surface area contributed by atoms with Crippen molar-refractivity contribution in [2.75, 3.05) is 19.0 Å². The van der Waals surface area contributed by atoms with E-state index in [1.54, 1.807) is 7.11 Å². The van der Waals surface area contributed by atoms with Crippen molar-refractivity contribution in [1.29, 1.82) is 0 Å². The minimum Gasteiger partial charge on any atom is -0.496 e. The first kappa shape index (κ1) is 13.4. The van der Waals surface area contributed by atoms with E-state index in [0.717, 1.165) is 35.4 Å². The average molecular weight is 314 g/mol. The normalized spacial score (nSPS) is 18.7. The third-order valence-electron chi connectivity index (χ3n) is 2.87. The van der Waals surface area contributed by atoms with Crippen molar-refractivity contribution in [3.05, 3.63) is 22.7 Å². The number of hydrogen-bond acceptors (Lipinski definition) is 3. The van der Waals surface area contributed by atoms with E-state index in [1.807, 2.05) is 18.2 Å². The van der Waals surface area contributed by atoms with Crippen LogP contribution in [0.25, 0.3) is 0 Å². The minimum absolute atomic E-state index is 0.0148. The first-order chi connectivity index (χ1) is 8.69. The highest BCUT2D eigenvalue weighted by Gasteiger charge is 2.19. The summed E-state index contributed by atoms with van der Waals surface area (Å²) < 4.78 is 11.4. The topological polar surface area (TPSA) is 47.6 Å². The van der Waals surface area contributed by atoms with Gasteiger partial charge in [0.25, 0.3) is 0 Å². The molecule has 98 valence electrons. The standard InChI is InChI=1S/C13H16BrNO3/c1-17-12-5-4-9(7-11(12)14)15-13(16)8-10-3-2-6-18-10/h4-5,7,10H,2-3,6,8H2,1H3,(H,15,16)/t10-/m1/s1. The number of hydrogen-bond donors (Lipinski definition) is 1. The minimum atomic E-state index is -0.0148. The van der Waals surface area contributed by atoms with Gasteiger partial charge in [0.1, 0.15) is 5.75 Å². The van der Waals surface area contributed by atoms with Gasteiger partial charge in [0.05, 0.1) is 24.1 Å². The quantitative estimate of drug-likeness (QED) is 0.929. The van der Waals surface area contributed by atoms with Crippen molar-refractivity contribution >= 4 is 27.5 Å². The Morgan fingerprint density at radius 3 is 3.06 bits per heavy atom. The van der Waals surface area contributed by atoms with E-state index in [-0.39, 0.29) is 12.0 Å². The Kier molecular flexibility index (Phi) is 4.60. The Labute approximate surface area is 115 Å². The summed E-state index contributed by atoms with van der Waals surface area (Å²) in [6, 6.07) is 5.45. The lowest BCUT2D eigenvalue weighted by Gasteiger charge is -2.11. The monoisotopic (exact) mass is 313 g/mol. The number of anilines is 1. The predicted octanol–water partition coefficient (Wildman–Crippen LogP) is 2.97. The SMILES string of the molecule is COc1ccc(NC(=O)C[C@H]2CCCO2)cc1Br. The first-order valence-corrected chi connectivity index (χ1v) is 6.73. The zero-order valence-corrected chi connectivity index (χ0v) is 11.8. The Morgan fingerprint density at radius 1 is 1.61 bits per heavy atom. The van der Waals surface area contributed by atoms with Crippen LogP contribution in [0.15, 0.2) is 22.7 Å². The van der Waals surface area contributed by atoms with Crippen LogP contribution in [0.2, 0.25) is 0 Å². The Balaban J connectivity index is 1.92. The number of ether oxygens (including phenoxy) is 2. The van der Waals surface area contributed by atoms with Gasteiger partial charge in [-0.05, 0) is 47.0 Å². The van der Waals surface area contributed by atoms with Gasteiger partial charge in [0.15, 0.2) is 0 Å². The Morgan fingerprint density at radius 2 is 2.44 bits per heavy atom. The van der Waals surface area contributed by atoms with Crippen LogP contribution in [0, 0.1) is 0 Å². The average Bonchev–Trinajstić information content (AvgIpc) is 2.82. The second-order valence-electron chi connectivity index (χ2n) is 4.24. The van der Waals surface area contributed by atoms with Crippen LogP contribution in [-0.4, -0.2) is 25.7 Å². The molecular weight excluding hydrogens is 298 g/mol. The summed E-state index contributed by atoms with van der Waals surface area (Å²) in [4.78, 5) is 11.8. The van der Waals surface area contributed by atoms with Crippen LogP contribution in [0.4, 0.5) is 5.69 Å². The molecule has 0 aliphatic carbocycles. The van der Waals surface area contributed by atoms with Gasteiger partial charge in [0, 0.05) is 12.3 Å². The zero-order chi connectivity index (χ0) is 13.0. The van der Waals surface area contributed by atoms with E-state index in [2.05, 4.69) is 21.2 Å². The van der Waals surface area contributed by atoms with Crippen LogP contribution in [0.5, 0.6) is 5.75 Å². The largest absolute Gasteiger partial charge is 0.496 e. The maximum absolute atomic E-state index is 11.8. The fraction of sp³-hybridized carbons (Fsp3) is 0.462. The summed E-state index contributed by atoms with van der Waals surface area (Å²) in [7, 11) is 1.61. The lowest BCUT2D eigenvalue weighted by molar-refractivity contribution is -0.118. The highest BCUT2D eigenvalue weighted by atomic mass is 79.9. The molecule has 5 heteroatoms. The lowest BCUT2D eigenvalue weighted by Crippen LogP contribution is -2.19. The number of halogens is 1. The highest BCUT2D eigenvalue weighted by Crippen LogP contribution is 2.28. The van der Waals surface area contributed by atoms with Crippen molar-refractivity contribution < 1.29 is 14.3 Å². The molecule has 0 bridgehead atoms. The fourth-order valence-corrected chi connectivity index (χ4v) is 2.51. The molecule has 1 atom stereocenters. The van der Waals surface area contributed by atoms with E-state index in [4.69, 9.17) is 9.47 Å². The number of benzene rings is 1. The van der Waals surface area contributed by atoms with E-state index in [1.165, 1.54) is 0 Å². The van der Waals surface area contributed by atoms with E-state index in [9.17, 15) is 4.79 Å². The number of carbonyl (C=O) groups is 1. The van der Waals surface area contributed by atoms with E-state index < -0.39 is 0 Å². The zero-order valence-electron chi connectivity index (χ0n) is 10.2. The summed E-state index contributed by atoms with van der Waals surface area (Å²) in [5.74, 6) is 0.728. The summed E-state index contributed by atoms with van der Waals surface area (Å²) in [6.45, 7) is 0.770. The van der Waals surface area contributed by atoms with Crippen molar-refractivity contribution in [3.8, 4) is 5.75 Å². The summed E-state index contributed by atoms with van der Waals surface area (Å²) in [6.07, 6.45) is 2.52. The van der Waals surface area contributed by atoms with E-state index >= 15 is 0 Å². The van der Waals surface area contributed by atoms with Crippen LogP contribution in [0.3, 0.4) is 0 Å². The molecule has 1 N–H and O–H groups in total. The Hall–Kier alpha value is -1.07. The molecule has 0 spiro atoms. The van der Waals surface area contributed by atoms with Crippen LogP contribution in [0.1, 0.15) is 19.3 Å². The molecule has 1 aliphatic heterocycles. The van der Waals surface area contributed by atoms with Crippen molar-refractivity contribution in [3.63, 3.8) is 0 Å². The van der Waals surface area contributed by atoms with Gasteiger partial charge >= 0.3 is 0 Å². The number of rotatable bonds is 4. The molecule has 0 radical (unpaired) electrons. The van der Waals surface area contributed by atoms with Gasteiger partial charge in [0.2, 0.25) is 5.91 Å². The molecule has 1 aromatic rings. The molecule has 1 aliphatic rings. The van der Waals surface area contributed by atoms with Crippen molar-refractivity contribution in [2.24, 2.45) is 0 Å². The molecule has 0 saturated carbocycles. The van der Waals surface area contributed by atoms with Gasteiger partial charge in [-0.15, -0.1) is 0 Å². The fourth-order valence-electron chi connectivity index (χ4n) is 1.97. The first-order valence-electron chi connectivity index (χ1n) is 5.94. The third kappa shape index (κ3) is 3.46. The number of amides is 1. The molecule has 18 heavy (non-hydrogen) atoms. The molecule has 4 nitrogen and oxygen atoms in total. The molecule has 1 aromatic carbocycles. The lowest BCUT2D eigenvalue weighted by atomic mass is 10.2. The van der Waals surface area contributed by atoms with Crippen LogP contribution >= 0.6 is 15.9 Å². The molecule has 2 rings (SSSR count). The van der Waals surface area contributed by atoms with Gasteiger partial charge < -0.3 is 14.8 Å². The second kappa shape index (κ2) is 6.20.